The maximum atomic E-state index is 5.50. The Labute approximate surface area is 103 Å². The lowest BCUT2D eigenvalue weighted by Crippen LogP contribution is -2.23. The molecule has 1 atom stereocenters. The Morgan fingerprint density at radius 2 is 1.94 bits per heavy atom. The fourth-order valence-electron chi connectivity index (χ4n) is 1.93. The summed E-state index contributed by atoms with van der Waals surface area (Å²) in [6.45, 7) is 3.19. The first-order valence-corrected chi connectivity index (χ1v) is 6.21. The average Bonchev–Trinajstić information content (AvgIpc) is 2.89. The first-order chi connectivity index (χ1) is 8.40. The molecule has 1 aromatic heterocycles. The molecule has 1 aromatic carbocycles. The van der Waals surface area contributed by atoms with Crippen molar-refractivity contribution in [1.82, 2.24) is 5.32 Å². The van der Waals surface area contributed by atoms with Crippen molar-refractivity contribution in [3.05, 3.63) is 60.1 Å². The number of rotatable bonds is 6. The second-order valence-electron chi connectivity index (χ2n) is 4.21. The van der Waals surface area contributed by atoms with Gasteiger partial charge in [-0.05, 0) is 37.1 Å². The van der Waals surface area contributed by atoms with Crippen LogP contribution < -0.4 is 5.32 Å². The van der Waals surface area contributed by atoms with Gasteiger partial charge in [-0.15, -0.1) is 0 Å². The molecule has 1 N–H and O–H groups in total. The topological polar surface area (TPSA) is 25.2 Å². The van der Waals surface area contributed by atoms with Crippen LogP contribution in [0.3, 0.4) is 0 Å². The summed E-state index contributed by atoms with van der Waals surface area (Å²) in [4.78, 5) is 0. The number of furan rings is 1. The van der Waals surface area contributed by atoms with E-state index in [0.29, 0.717) is 0 Å². The van der Waals surface area contributed by atoms with Crippen molar-refractivity contribution in [3.63, 3.8) is 0 Å². The number of nitrogens with one attached hydrogen (secondary N) is 1. The van der Waals surface area contributed by atoms with Gasteiger partial charge in [0, 0.05) is 0 Å². The summed E-state index contributed by atoms with van der Waals surface area (Å²) in [5, 5.41) is 3.53. The van der Waals surface area contributed by atoms with Gasteiger partial charge in [-0.1, -0.05) is 37.3 Å². The monoisotopic (exact) mass is 229 g/mol. The van der Waals surface area contributed by atoms with Gasteiger partial charge >= 0.3 is 0 Å². The highest BCUT2D eigenvalue weighted by Crippen LogP contribution is 2.18. The van der Waals surface area contributed by atoms with Crippen LogP contribution in [0.5, 0.6) is 0 Å². The van der Waals surface area contributed by atoms with Crippen LogP contribution in [0.1, 0.15) is 30.7 Å². The lowest BCUT2D eigenvalue weighted by Gasteiger charge is -2.16. The number of benzene rings is 1. The molecule has 1 heterocycles. The summed E-state index contributed by atoms with van der Waals surface area (Å²) in [5.74, 6) is 1.02. The van der Waals surface area contributed by atoms with Gasteiger partial charge in [0.1, 0.15) is 5.76 Å². The molecule has 2 aromatic rings. The second-order valence-corrected chi connectivity index (χ2v) is 4.21. The van der Waals surface area contributed by atoms with Gasteiger partial charge in [0.05, 0.1) is 12.3 Å². The van der Waals surface area contributed by atoms with E-state index in [4.69, 9.17) is 4.42 Å². The minimum absolute atomic E-state index is 0.271. The summed E-state index contributed by atoms with van der Waals surface area (Å²) in [5.41, 5.74) is 1.33. The molecule has 0 saturated carbocycles. The van der Waals surface area contributed by atoms with Crippen LogP contribution in [0.15, 0.2) is 53.1 Å². The molecule has 0 bridgehead atoms. The van der Waals surface area contributed by atoms with E-state index in [1.807, 2.05) is 18.2 Å². The van der Waals surface area contributed by atoms with Gasteiger partial charge in [-0.3, -0.25) is 0 Å². The van der Waals surface area contributed by atoms with Gasteiger partial charge in [0.15, 0.2) is 0 Å². The molecular weight excluding hydrogens is 210 g/mol. The van der Waals surface area contributed by atoms with E-state index in [0.717, 1.165) is 25.1 Å². The Morgan fingerprint density at radius 3 is 2.59 bits per heavy atom. The van der Waals surface area contributed by atoms with Crippen molar-refractivity contribution in [2.45, 2.75) is 25.8 Å². The lowest BCUT2D eigenvalue weighted by atomic mass is 10.0. The third-order valence-electron chi connectivity index (χ3n) is 2.81. The van der Waals surface area contributed by atoms with Crippen molar-refractivity contribution in [2.75, 3.05) is 6.54 Å². The van der Waals surface area contributed by atoms with Crippen LogP contribution in [0.2, 0.25) is 0 Å². The predicted octanol–water partition coefficient (Wildman–Crippen LogP) is 3.56. The van der Waals surface area contributed by atoms with Crippen LogP contribution in [0, 0.1) is 0 Å². The van der Waals surface area contributed by atoms with Gasteiger partial charge in [-0.25, -0.2) is 0 Å². The smallest absolute Gasteiger partial charge is 0.121 e. The summed E-state index contributed by atoms with van der Waals surface area (Å²) < 4.78 is 5.50. The Kier molecular flexibility index (Phi) is 4.39. The molecule has 0 radical (unpaired) electrons. The molecule has 0 aliphatic rings. The van der Waals surface area contributed by atoms with Crippen LogP contribution in [-0.2, 0) is 6.42 Å². The van der Waals surface area contributed by atoms with Crippen molar-refractivity contribution in [3.8, 4) is 0 Å². The molecule has 2 rings (SSSR count). The highest BCUT2D eigenvalue weighted by atomic mass is 16.3. The van der Waals surface area contributed by atoms with Gasteiger partial charge < -0.3 is 9.73 Å². The summed E-state index contributed by atoms with van der Waals surface area (Å²) in [6.07, 6.45) is 3.83. The van der Waals surface area contributed by atoms with Crippen molar-refractivity contribution >= 4 is 0 Å². The number of hydrogen-bond acceptors (Lipinski definition) is 2. The Bertz CT molecular complexity index is 408. The van der Waals surface area contributed by atoms with Crippen molar-refractivity contribution in [1.29, 1.82) is 0 Å². The molecule has 90 valence electrons. The molecule has 0 spiro atoms. The predicted molar refractivity (Wildman–Crippen MR) is 69.9 cm³/mol. The fourth-order valence-corrected chi connectivity index (χ4v) is 1.93. The zero-order valence-corrected chi connectivity index (χ0v) is 10.2. The molecule has 0 amide bonds. The van der Waals surface area contributed by atoms with E-state index in [9.17, 15) is 0 Å². The van der Waals surface area contributed by atoms with E-state index >= 15 is 0 Å². The fraction of sp³-hybridized carbons (Fsp3) is 0.333. The van der Waals surface area contributed by atoms with Gasteiger partial charge in [-0.2, -0.15) is 0 Å². The number of hydrogen-bond donors (Lipinski definition) is 1. The summed E-state index contributed by atoms with van der Waals surface area (Å²) in [7, 11) is 0. The molecule has 0 fully saturated rings. The van der Waals surface area contributed by atoms with E-state index in [1.165, 1.54) is 5.56 Å². The molecule has 2 heteroatoms. The van der Waals surface area contributed by atoms with Gasteiger partial charge in [0.25, 0.3) is 0 Å². The third-order valence-corrected chi connectivity index (χ3v) is 2.81. The Hall–Kier alpha value is -1.54. The molecule has 17 heavy (non-hydrogen) atoms. The van der Waals surface area contributed by atoms with Crippen LogP contribution in [0.25, 0.3) is 0 Å². The normalized spacial score (nSPS) is 12.5. The largest absolute Gasteiger partial charge is 0.468 e. The van der Waals surface area contributed by atoms with E-state index in [2.05, 4.69) is 36.5 Å². The lowest BCUT2D eigenvalue weighted by molar-refractivity contribution is 0.410. The van der Waals surface area contributed by atoms with Gasteiger partial charge in [0.2, 0.25) is 0 Å². The highest BCUT2D eigenvalue weighted by molar-refractivity contribution is 5.18. The summed E-state index contributed by atoms with van der Waals surface area (Å²) >= 11 is 0. The highest BCUT2D eigenvalue weighted by Gasteiger charge is 2.13. The average molecular weight is 229 g/mol. The SMILES string of the molecule is CCCNC(Cc1ccccc1)c1ccco1. The van der Waals surface area contributed by atoms with Crippen LogP contribution in [0.4, 0.5) is 0 Å². The zero-order valence-electron chi connectivity index (χ0n) is 10.2. The molecule has 0 aliphatic heterocycles. The first-order valence-electron chi connectivity index (χ1n) is 6.21. The maximum Gasteiger partial charge on any atom is 0.121 e. The molecular formula is C15H19NO. The quantitative estimate of drug-likeness (QED) is 0.819. The van der Waals surface area contributed by atoms with Crippen molar-refractivity contribution < 1.29 is 4.42 Å². The molecule has 0 saturated heterocycles. The maximum absolute atomic E-state index is 5.50. The van der Waals surface area contributed by atoms with E-state index in [1.54, 1.807) is 6.26 Å². The standard InChI is InChI=1S/C15H19NO/c1-2-10-16-14(15-9-6-11-17-15)12-13-7-4-3-5-8-13/h3-9,11,14,16H,2,10,12H2,1H3. The second kappa shape index (κ2) is 6.26. The Balaban J connectivity index is 2.06. The first kappa shape index (κ1) is 11.9. The third kappa shape index (κ3) is 3.46. The van der Waals surface area contributed by atoms with Crippen molar-refractivity contribution in [2.24, 2.45) is 0 Å². The molecule has 0 aliphatic carbocycles. The summed E-state index contributed by atoms with van der Waals surface area (Å²) in [6, 6.07) is 14.8. The Morgan fingerprint density at radius 1 is 1.12 bits per heavy atom. The molecule has 2 nitrogen and oxygen atoms in total. The minimum Gasteiger partial charge on any atom is -0.468 e. The van der Waals surface area contributed by atoms with E-state index in [-0.39, 0.29) is 6.04 Å². The van der Waals surface area contributed by atoms with Crippen LogP contribution >= 0.6 is 0 Å². The van der Waals surface area contributed by atoms with Crippen LogP contribution in [-0.4, -0.2) is 6.54 Å². The minimum atomic E-state index is 0.271. The van der Waals surface area contributed by atoms with E-state index < -0.39 is 0 Å². The zero-order chi connectivity index (χ0) is 11.9. The molecule has 1 unspecified atom stereocenters.